The number of aromatic nitrogens is 2. The van der Waals surface area contributed by atoms with Crippen molar-refractivity contribution in [3.63, 3.8) is 0 Å². The fourth-order valence-corrected chi connectivity index (χ4v) is 2.92. The zero-order valence-corrected chi connectivity index (χ0v) is 12.3. The van der Waals surface area contributed by atoms with Gasteiger partial charge in [-0.15, -0.1) is 0 Å². The number of hydrogen-bond donors (Lipinski definition) is 1. The summed E-state index contributed by atoms with van der Waals surface area (Å²) in [5.41, 5.74) is 6.39. The second-order valence-corrected chi connectivity index (χ2v) is 5.69. The fraction of sp³-hybridized carbons (Fsp3) is 0.500. The van der Waals surface area contributed by atoms with E-state index < -0.39 is 0 Å². The van der Waals surface area contributed by atoms with Crippen LogP contribution >= 0.6 is 0 Å². The Kier molecular flexibility index (Phi) is 4.08. The monoisotopic (exact) mass is 287 g/mol. The first-order chi connectivity index (χ1) is 10.2. The van der Waals surface area contributed by atoms with E-state index in [9.17, 15) is 0 Å². The van der Waals surface area contributed by atoms with E-state index in [1.807, 2.05) is 18.2 Å². The van der Waals surface area contributed by atoms with Gasteiger partial charge in [-0.3, -0.25) is 0 Å². The number of nitrogens with zero attached hydrogens (tertiary/aromatic N) is 2. The Balaban J connectivity index is 1.58. The highest BCUT2D eigenvalue weighted by Crippen LogP contribution is 2.38. The van der Waals surface area contributed by atoms with Crippen LogP contribution in [-0.2, 0) is 6.61 Å². The SMILES string of the molecule is CCC1CCC(c2noc(COc3cccc(N)c3)n2)C1. The predicted octanol–water partition coefficient (Wildman–Crippen LogP) is 3.52. The topological polar surface area (TPSA) is 74.2 Å². The van der Waals surface area contributed by atoms with E-state index in [-0.39, 0.29) is 6.61 Å². The van der Waals surface area contributed by atoms with Gasteiger partial charge in [-0.25, -0.2) is 0 Å². The van der Waals surface area contributed by atoms with Crippen LogP contribution in [0.1, 0.15) is 50.2 Å². The number of ether oxygens (including phenoxy) is 1. The van der Waals surface area contributed by atoms with Crippen LogP contribution in [0, 0.1) is 5.92 Å². The van der Waals surface area contributed by atoms with Crippen LogP contribution in [0.2, 0.25) is 0 Å². The molecule has 1 aromatic carbocycles. The van der Waals surface area contributed by atoms with Crippen LogP contribution in [0.15, 0.2) is 28.8 Å². The minimum absolute atomic E-state index is 0.278. The molecule has 1 fully saturated rings. The molecule has 5 nitrogen and oxygen atoms in total. The largest absolute Gasteiger partial charge is 0.484 e. The second kappa shape index (κ2) is 6.16. The lowest BCUT2D eigenvalue weighted by molar-refractivity contribution is 0.242. The Hall–Kier alpha value is -2.04. The molecular formula is C16H21N3O2. The van der Waals surface area contributed by atoms with Gasteiger partial charge in [0.05, 0.1) is 0 Å². The number of rotatable bonds is 5. The highest BCUT2D eigenvalue weighted by Gasteiger charge is 2.28. The van der Waals surface area contributed by atoms with Crippen molar-refractivity contribution in [2.75, 3.05) is 5.73 Å². The molecule has 0 saturated heterocycles. The molecule has 2 aromatic rings. The van der Waals surface area contributed by atoms with Crippen LogP contribution in [-0.4, -0.2) is 10.1 Å². The van der Waals surface area contributed by atoms with Gasteiger partial charge in [0.1, 0.15) is 5.75 Å². The molecule has 21 heavy (non-hydrogen) atoms. The quantitative estimate of drug-likeness (QED) is 0.851. The van der Waals surface area contributed by atoms with E-state index >= 15 is 0 Å². The van der Waals surface area contributed by atoms with Gasteiger partial charge in [0, 0.05) is 17.7 Å². The maximum absolute atomic E-state index is 5.71. The third-order valence-corrected chi connectivity index (χ3v) is 4.19. The summed E-state index contributed by atoms with van der Waals surface area (Å²) in [6.45, 7) is 2.52. The molecule has 1 aliphatic rings. The Morgan fingerprint density at radius 2 is 2.29 bits per heavy atom. The van der Waals surface area contributed by atoms with Gasteiger partial charge in [-0.2, -0.15) is 4.98 Å². The molecule has 0 aliphatic heterocycles. The fourth-order valence-electron chi connectivity index (χ4n) is 2.92. The first-order valence-corrected chi connectivity index (χ1v) is 7.55. The molecule has 2 N–H and O–H groups in total. The van der Waals surface area contributed by atoms with Gasteiger partial charge in [0.2, 0.25) is 0 Å². The van der Waals surface area contributed by atoms with E-state index in [0.29, 0.717) is 23.2 Å². The lowest BCUT2D eigenvalue weighted by atomic mass is 10.0. The normalized spacial score (nSPS) is 21.6. The molecule has 5 heteroatoms. The Labute approximate surface area is 124 Å². The van der Waals surface area contributed by atoms with Gasteiger partial charge in [-0.1, -0.05) is 24.6 Å². The number of anilines is 1. The van der Waals surface area contributed by atoms with Crippen molar-refractivity contribution in [2.24, 2.45) is 5.92 Å². The molecule has 2 unspecified atom stereocenters. The van der Waals surface area contributed by atoms with Crippen molar-refractivity contribution >= 4 is 5.69 Å². The van der Waals surface area contributed by atoms with Crippen molar-refractivity contribution in [1.29, 1.82) is 0 Å². The number of nitrogens with two attached hydrogens (primary N) is 1. The molecule has 0 amide bonds. The summed E-state index contributed by atoms with van der Waals surface area (Å²) >= 11 is 0. The highest BCUT2D eigenvalue weighted by molar-refractivity contribution is 5.43. The van der Waals surface area contributed by atoms with Crippen LogP contribution in [0.4, 0.5) is 5.69 Å². The third kappa shape index (κ3) is 3.35. The van der Waals surface area contributed by atoms with Gasteiger partial charge in [0.15, 0.2) is 12.4 Å². The van der Waals surface area contributed by atoms with Crippen LogP contribution in [0.3, 0.4) is 0 Å². The maximum Gasteiger partial charge on any atom is 0.264 e. The predicted molar refractivity (Wildman–Crippen MR) is 79.9 cm³/mol. The van der Waals surface area contributed by atoms with Gasteiger partial charge in [0.25, 0.3) is 5.89 Å². The number of hydrogen-bond acceptors (Lipinski definition) is 5. The molecule has 1 aromatic heterocycles. The van der Waals surface area contributed by atoms with Crippen molar-refractivity contribution in [3.8, 4) is 5.75 Å². The highest BCUT2D eigenvalue weighted by atomic mass is 16.5. The van der Waals surface area contributed by atoms with Gasteiger partial charge < -0.3 is 15.0 Å². The minimum Gasteiger partial charge on any atom is -0.484 e. The van der Waals surface area contributed by atoms with E-state index in [4.69, 9.17) is 15.0 Å². The summed E-state index contributed by atoms with van der Waals surface area (Å²) in [6.07, 6.45) is 4.84. The van der Waals surface area contributed by atoms with E-state index in [1.54, 1.807) is 6.07 Å². The van der Waals surface area contributed by atoms with E-state index in [2.05, 4.69) is 17.1 Å². The van der Waals surface area contributed by atoms with Crippen molar-refractivity contribution in [1.82, 2.24) is 10.1 Å². The number of nitrogen functional groups attached to an aromatic ring is 1. The molecule has 0 radical (unpaired) electrons. The Morgan fingerprint density at radius 1 is 1.38 bits per heavy atom. The average Bonchev–Trinajstić information content (AvgIpc) is 3.14. The smallest absolute Gasteiger partial charge is 0.264 e. The van der Waals surface area contributed by atoms with Crippen molar-refractivity contribution in [2.45, 2.75) is 45.1 Å². The minimum atomic E-state index is 0.278. The summed E-state index contributed by atoms with van der Waals surface area (Å²) in [7, 11) is 0. The standard InChI is InChI=1S/C16H21N3O2/c1-2-11-6-7-12(8-11)16-18-15(21-19-16)10-20-14-5-3-4-13(17)9-14/h3-5,9,11-12H,2,6-8,10,17H2,1H3. The molecule has 2 atom stereocenters. The molecule has 1 saturated carbocycles. The van der Waals surface area contributed by atoms with Crippen LogP contribution in [0.25, 0.3) is 0 Å². The van der Waals surface area contributed by atoms with Gasteiger partial charge >= 0.3 is 0 Å². The zero-order valence-electron chi connectivity index (χ0n) is 12.3. The molecular weight excluding hydrogens is 266 g/mol. The van der Waals surface area contributed by atoms with Crippen molar-refractivity contribution in [3.05, 3.63) is 36.0 Å². The van der Waals surface area contributed by atoms with Gasteiger partial charge in [-0.05, 0) is 37.3 Å². The summed E-state index contributed by atoms with van der Waals surface area (Å²) < 4.78 is 10.9. The summed E-state index contributed by atoms with van der Waals surface area (Å²) in [4.78, 5) is 4.46. The Morgan fingerprint density at radius 3 is 3.05 bits per heavy atom. The molecule has 1 heterocycles. The van der Waals surface area contributed by atoms with Crippen LogP contribution < -0.4 is 10.5 Å². The Bertz CT molecular complexity index is 597. The zero-order chi connectivity index (χ0) is 14.7. The third-order valence-electron chi connectivity index (χ3n) is 4.19. The lowest BCUT2D eigenvalue weighted by Gasteiger charge is -2.04. The van der Waals surface area contributed by atoms with E-state index in [0.717, 1.165) is 18.2 Å². The van der Waals surface area contributed by atoms with Crippen LogP contribution in [0.5, 0.6) is 5.75 Å². The average molecular weight is 287 g/mol. The van der Waals surface area contributed by atoms with E-state index in [1.165, 1.54) is 19.3 Å². The van der Waals surface area contributed by atoms with Crippen molar-refractivity contribution < 1.29 is 9.26 Å². The lowest BCUT2D eigenvalue weighted by Crippen LogP contribution is -1.99. The second-order valence-electron chi connectivity index (χ2n) is 5.69. The molecule has 3 rings (SSSR count). The molecule has 0 bridgehead atoms. The first-order valence-electron chi connectivity index (χ1n) is 7.55. The molecule has 112 valence electrons. The summed E-state index contributed by atoms with van der Waals surface area (Å²) in [5, 5.41) is 4.11. The maximum atomic E-state index is 5.71. The molecule has 0 spiro atoms. The first kappa shape index (κ1) is 13.9. The molecule has 1 aliphatic carbocycles. The number of benzene rings is 1. The summed E-state index contributed by atoms with van der Waals surface area (Å²) in [5.74, 6) is 3.31. The summed E-state index contributed by atoms with van der Waals surface area (Å²) in [6, 6.07) is 7.31.